The van der Waals surface area contributed by atoms with Crippen LogP contribution in [0, 0.1) is 5.92 Å². The summed E-state index contributed by atoms with van der Waals surface area (Å²) in [7, 11) is -1.93. The predicted octanol–water partition coefficient (Wildman–Crippen LogP) is 6.25. The summed E-state index contributed by atoms with van der Waals surface area (Å²) in [6, 6.07) is 31.7. The van der Waals surface area contributed by atoms with Crippen molar-refractivity contribution in [2.24, 2.45) is 5.92 Å². The molecule has 4 atom stereocenters. The van der Waals surface area contributed by atoms with Gasteiger partial charge < -0.3 is 19.3 Å². The molecule has 4 aromatic rings. The van der Waals surface area contributed by atoms with E-state index < -0.39 is 16.3 Å². The van der Waals surface area contributed by atoms with Gasteiger partial charge in [0.15, 0.2) is 6.29 Å². The maximum absolute atomic E-state index is 12.6. The molecule has 2 N–H and O–H groups in total. The third-order valence-electron chi connectivity index (χ3n) is 7.37. The van der Waals surface area contributed by atoms with Gasteiger partial charge in [0.05, 0.1) is 30.8 Å². The summed E-state index contributed by atoms with van der Waals surface area (Å²) in [5.41, 5.74) is 3.53. The van der Waals surface area contributed by atoms with Crippen LogP contribution < -0.4 is 9.46 Å². The smallest absolute Gasteiger partial charge is 0.240 e. The van der Waals surface area contributed by atoms with Gasteiger partial charge in [-0.1, -0.05) is 85.8 Å². The Morgan fingerprint density at radius 2 is 1.48 bits per heavy atom. The Balaban J connectivity index is 1.33. The first kappa shape index (κ1) is 30.3. The molecule has 0 radical (unpaired) electrons. The van der Waals surface area contributed by atoms with E-state index in [-0.39, 0.29) is 36.2 Å². The SMILES string of the molecule is COc1ccccc1SC[C@@H]1O[C@H](c2ccc(CNS(=O)(=O)c3ccccc3)cc2)O[C@H](c2ccc(CO)cc2)[C@@H]1C. The largest absolute Gasteiger partial charge is 0.496 e. The average molecular weight is 606 g/mol. The van der Waals surface area contributed by atoms with E-state index in [4.69, 9.17) is 14.2 Å². The maximum atomic E-state index is 12.6. The molecule has 7 nitrogen and oxygen atoms in total. The molecule has 0 aromatic heterocycles. The summed E-state index contributed by atoms with van der Waals surface area (Å²) in [4.78, 5) is 1.28. The van der Waals surface area contributed by atoms with Crippen molar-refractivity contribution in [2.75, 3.05) is 12.9 Å². The zero-order chi connectivity index (χ0) is 29.5. The van der Waals surface area contributed by atoms with Crippen molar-refractivity contribution in [2.45, 2.75) is 48.4 Å². The maximum Gasteiger partial charge on any atom is 0.240 e. The number of sulfonamides is 1. The third kappa shape index (κ3) is 7.23. The van der Waals surface area contributed by atoms with Crippen molar-refractivity contribution in [3.05, 3.63) is 125 Å². The number of rotatable bonds is 11. The number of benzene rings is 4. The molecule has 1 aliphatic heterocycles. The molecule has 220 valence electrons. The molecule has 0 amide bonds. The zero-order valence-electron chi connectivity index (χ0n) is 23.6. The lowest BCUT2D eigenvalue weighted by atomic mass is 9.91. The first-order valence-electron chi connectivity index (χ1n) is 13.8. The highest BCUT2D eigenvalue weighted by molar-refractivity contribution is 7.99. The van der Waals surface area contributed by atoms with Gasteiger partial charge in [-0.05, 0) is 41.0 Å². The molecule has 4 aromatic carbocycles. The number of nitrogens with one attached hydrogen (secondary N) is 1. The van der Waals surface area contributed by atoms with E-state index in [1.807, 2.05) is 72.8 Å². The number of hydrogen-bond donors (Lipinski definition) is 2. The van der Waals surface area contributed by atoms with Crippen LogP contribution in [0.15, 0.2) is 113 Å². The molecular formula is C33H35NO6S2. The number of hydrogen-bond acceptors (Lipinski definition) is 7. The van der Waals surface area contributed by atoms with Gasteiger partial charge in [-0.2, -0.15) is 0 Å². The van der Waals surface area contributed by atoms with Crippen molar-refractivity contribution in [3.8, 4) is 5.75 Å². The van der Waals surface area contributed by atoms with Crippen molar-refractivity contribution >= 4 is 21.8 Å². The average Bonchev–Trinajstić information content (AvgIpc) is 3.04. The third-order valence-corrected chi connectivity index (χ3v) is 9.93. The Labute approximate surface area is 251 Å². The molecule has 0 saturated carbocycles. The molecule has 5 rings (SSSR count). The van der Waals surface area contributed by atoms with E-state index in [1.54, 1.807) is 49.2 Å². The summed E-state index contributed by atoms with van der Waals surface area (Å²) < 4.78 is 46.6. The molecule has 1 aliphatic rings. The van der Waals surface area contributed by atoms with Crippen LogP contribution in [-0.4, -0.2) is 32.5 Å². The molecule has 0 aliphatic carbocycles. The molecular weight excluding hydrogens is 570 g/mol. The van der Waals surface area contributed by atoms with Crippen LogP contribution in [0.5, 0.6) is 5.75 Å². The normalized spacial score (nSPS) is 20.7. The van der Waals surface area contributed by atoms with Crippen molar-refractivity contribution in [1.29, 1.82) is 0 Å². The molecule has 9 heteroatoms. The Hall–Kier alpha value is -3.18. The zero-order valence-corrected chi connectivity index (χ0v) is 25.2. The molecule has 0 unspecified atom stereocenters. The Morgan fingerprint density at radius 3 is 2.17 bits per heavy atom. The Bertz CT molecular complexity index is 1550. The summed E-state index contributed by atoms with van der Waals surface area (Å²) in [5, 5.41) is 9.51. The van der Waals surface area contributed by atoms with E-state index in [1.165, 1.54) is 0 Å². The van der Waals surface area contributed by atoms with Gasteiger partial charge in [0.2, 0.25) is 10.0 Å². The van der Waals surface area contributed by atoms with E-state index in [9.17, 15) is 13.5 Å². The number of aliphatic hydroxyl groups excluding tert-OH is 1. The lowest BCUT2D eigenvalue weighted by molar-refractivity contribution is -0.268. The molecule has 1 heterocycles. The van der Waals surface area contributed by atoms with Crippen molar-refractivity contribution in [1.82, 2.24) is 4.72 Å². The van der Waals surface area contributed by atoms with Crippen LogP contribution in [0.4, 0.5) is 0 Å². The van der Waals surface area contributed by atoms with Crippen LogP contribution in [0.25, 0.3) is 0 Å². The number of methoxy groups -OCH3 is 1. The summed E-state index contributed by atoms with van der Waals surface area (Å²) in [6.45, 7) is 2.29. The second-order valence-electron chi connectivity index (χ2n) is 10.2. The minimum absolute atomic E-state index is 0.0148. The molecule has 42 heavy (non-hydrogen) atoms. The van der Waals surface area contributed by atoms with Gasteiger partial charge in [-0.25, -0.2) is 13.1 Å². The van der Waals surface area contributed by atoms with Crippen LogP contribution in [-0.2, 0) is 32.6 Å². The topological polar surface area (TPSA) is 94.1 Å². The van der Waals surface area contributed by atoms with E-state index in [0.29, 0.717) is 5.75 Å². The summed E-state index contributed by atoms with van der Waals surface area (Å²) in [6.07, 6.45) is -0.960. The predicted molar refractivity (Wildman–Crippen MR) is 164 cm³/mol. The minimum atomic E-state index is -3.61. The molecule has 0 spiro atoms. The van der Waals surface area contributed by atoms with E-state index >= 15 is 0 Å². The van der Waals surface area contributed by atoms with Gasteiger partial charge in [0.25, 0.3) is 0 Å². The highest BCUT2D eigenvalue weighted by Crippen LogP contribution is 2.43. The van der Waals surface area contributed by atoms with Crippen LogP contribution in [0.3, 0.4) is 0 Å². The van der Waals surface area contributed by atoms with Crippen LogP contribution >= 0.6 is 11.8 Å². The van der Waals surface area contributed by atoms with Gasteiger partial charge in [-0.3, -0.25) is 0 Å². The Kier molecular flexibility index (Phi) is 9.99. The first-order chi connectivity index (χ1) is 20.4. The first-order valence-corrected chi connectivity index (χ1v) is 16.2. The fraction of sp³-hybridized carbons (Fsp3) is 0.273. The van der Waals surface area contributed by atoms with Gasteiger partial charge >= 0.3 is 0 Å². The minimum Gasteiger partial charge on any atom is -0.496 e. The Morgan fingerprint density at radius 1 is 0.833 bits per heavy atom. The molecule has 1 fully saturated rings. The van der Waals surface area contributed by atoms with Crippen molar-refractivity contribution < 1.29 is 27.7 Å². The van der Waals surface area contributed by atoms with E-state index in [2.05, 4.69) is 11.6 Å². The number of ether oxygens (including phenoxy) is 3. The number of aliphatic hydroxyl groups is 1. The fourth-order valence-corrected chi connectivity index (χ4v) is 7.11. The van der Waals surface area contributed by atoms with Crippen molar-refractivity contribution in [3.63, 3.8) is 0 Å². The van der Waals surface area contributed by atoms with Gasteiger partial charge in [0.1, 0.15) is 5.75 Å². The highest BCUT2D eigenvalue weighted by atomic mass is 32.2. The van der Waals surface area contributed by atoms with E-state index in [0.717, 1.165) is 32.9 Å². The number of para-hydroxylation sites is 1. The summed E-state index contributed by atoms with van der Waals surface area (Å²) in [5.74, 6) is 1.58. The van der Waals surface area contributed by atoms with Gasteiger partial charge in [-0.15, -0.1) is 11.8 Å². The molecule has 1 saturated heterocycles. The monoisotopic (exact) mass is 605 g/mol. The quantitative estimate of drug-likeness (QED) is 0.195. The summed E-state index contributed by atoms with van der Waals surface area (Å²) >= 11 is 1.69. The highest BCUT2D eigenvalue weighted by Gasteiger charge is 2.38. The lowest BCUT2D eigenvalue weighted by Gasteiger charge is -2.41. The second-order valence-corrected chi connectivity index (χ2v) is 13.0. The standard InChI is InChI=1S/C33H35NO6S2/c1-23-30(22-41-31-11-7-6-10-29(31)38-2)39-33(40-32(23)26-16-14-25(21-35)15-17-26)27-18-12-24(13-19-27)20-34-42(36,37)28-8-4-3-5-9-28/h3-19,23,30,32-35H,20-22H2,1-2H3/t23-,30+,32+,33+/m1/s1. The number of thioether (sulfide) groups is 1. The van der Waals surface area contributed by atoms with Crippen LogP contribution in [0.2, 0.25) is 0 Å². The molecule has 0 bridgehead atoms. The van der Waals surface area contributed by atoms with Gasteiger partial charge in [0, 0.05) is 28.7 Å². The second kappa shape index (κ2) is 13.9. The lowest BCUT2D eigenvalue weighted by Crippen LogP contribution is -2.38. The van der Waals surface area contributed by atoms with Crippen LogP contribution in [0.1, 0.15) is 41.6 Å². The fourth-order valence-electron chi connectivity index (χ4n) is 4.87.